The maximum absolute atomic E-state index is 4.43. The van der Waals surface area contributed by atoms with Gasteiger partial charge in [-0.3, -0.25) is 4.98 Å². The first kappa shape index (κ1) is 10.7. The molecule has 0 radical (unpaired) electrons. The van der Waals surface area contributed by atoms with Crippen LogP contribution >= 0.6 is 0 Å². The molecule has 0 fully saturated rings. The van der Waals surface area contributed by atoms with E-state index in [2.05, 4.69) is 32.8 Å². The van der Waals surface area contributed by atoms with Crippen LogP contribution in [-0.4, -0.2) is 21.1 Å². The fourth-order valence-electron chi connectivity index (χ4n) is 1.65. The van der Waals surface area contributed by atoms with Crippen molar-refractivity contribution < 1.29 is 0 Å². The number of anilines is 1. The highest BCUT2D eigenvalue weighted by atomic mass is 15.2. The molecule has 0 atom stereocenters. The van der Waals surface area contributed by atoms with Crippen LogP contribution in [0, 0.1) is 6.92 Å². The van der Waals surface area contributed by atoms with Gasteiger partial charge in [-0.1, -0.05) is 6.07 Å². The minimum atomic E-state index is 0.803. The fourth-order valence-corrected chi connectivity index (χ4v) is 1.65. The molecule has 2 rings (SSSR count). The zero-order chi connectivity index (χ0) is 11.4. The van der Waals surface area contributed by atoms with Gasteiger partial charge >= 0.3 is 0 Å². The average molecular weight is 216 g/mol. The summed E-state index contributed by atoms with van der Waals surface area (Å²) in [5, 5.41) is 3.25. The van der Waals surface area contributed by atoms with Crippen LogP contribution < -0.4 is 5.32 Å². The van der Waals surface area contributed by atoms with Crippen molar-refractivity contribution in [1.29, 1.82) is 0 Å². The second-order valence-corrected chi connectivity index (χ2v) is 3.73. The summed E-state index contributed by atoms with van der Waals surface area (Å²) < 4.78 is 2.11. The lowest BCUT2D eigenvalue weighted by atomic mass is 10.3. The lowest BCUT2D eigenvalue weighted by Crippen LogP contribution is -2.07. The van der Waals surface area contributed by atoms with Crippen molar-refractivity contribution in [3.63, 3.8) is 0 Å². The Labute approximate surface area is 95.4 Å². The van der Waals surface area contributed by atoms with Crippen LogP contribution in [0.3, 0.4) is 0 Å². The molecule has 1 N–H and O–H groups in total. The molecule has 0 aliphatic carbocycles. The van der Waals surface area contributed by atoms with E-state index in [0.717, 1.165) is 24.7 Å². The molecule has 0 aromatic carbocycles. The minimum Gasteiger partial charge on any atom is -0.356 e. The lowest BCUT2D eigenvalue weighted by molar-refractivity contribution is 0.795. The minimum absolute atomic E-state index is 0.803. The SMILES string of the molecule is CCNc1nc(C)cn1Cc1cccnc1. The average Bonchev–Trinajstić information content (AvgIpc) is 2.61. The van der Waals surface area contributed by atoms with E-state index >= 15 is 0 Å². The van der Waals surface area contributed by atoms with Gasteiger partial charge in [0.2, 0.25) is 5.95 Å². The number of aryl methyl sites for hydroxylation is 1. The Morgan fingerprint density at radius 3 is 3.00 bits per heavy atom. The number of hydrogen-bond donors (Lipinski definition) is 1. The van der Waals surface area contributed by atoms with E-state index in [0.29, 0.717) is 0 Å². The Morgan fingerprint density at radius 2 is 2.31 bits per heavy atom. The summed E-state index contributed by atoms with van der Waals surface area (Å²) in [5.41, 5.74) is 2.21. The molecule has 16 heavy (non-hydrogen) atoms. The van der Waals surface area contributed by atoms with E-state index in [4.69, 9.17) is 0 Å². The number of imidazole rings is 1. The molecule has 2 heterocycles. The Bertz CT molecular complexity index is 447. The smallest absolute Gasteiger partial charge is 0.203 e. The number of pyridine rings is 1. The molecule has 0 aliphatic rings. The van der Waals surface area contributed by atoms with E-state index < -0.39 is 0 Å². The predicted molar refractivity (Wildman–Crippen MR) is 64.5 cm³/mol. The third kappa shape index (κ3) is 2.39. The van der Waals surface area contributed by atoms with Gasteiger partial charge in [-0.15, -0.1) is 0 Å². The zero-order valence-corrected chi connectivity index (χ0v) is 9.64. The molecule has 4 heteroatoms. The molecule has 2 aromatic heterocycles. The molecular formula is C12H16N4. The van der Waals surface area contributed by atoms with Gasteiger partial charge in [-0.2, -0.15) is 0 Å². The van der Waals surface area contributed by atoms with Gasteiger partial charge in [-0.25, -0.2) is 4.98 Å². The number of hydrogen-bond acceptors (Lipinski definition) is 3. The molecule has 0 unspecified atom stereocenters. The maximum atomic E-state index is 4.43. The van der Waals surface area contributed by atoms with Crippen LogP contribution in [-0.2, 0) is 6.54 Å². The van der Waals surface area contributed by atoms with E-state index in [-0.39, 0.29) is 0 Å². The van der Waals surface area contributed by atoms with E-state index in [1.807, 2.05) is 25.4 Å². The molecule has 0 bridgehead atoms. The number of nitrogens with zero attached hydrogens (tertiary/aromatic N) is 3. The lowest BCUT2D eigenvalue weighted by Gasteiger charge is -2.07. The molecule has 0 saturated carbocycles. The summed E-state index contributed by atoms with van der Waals surface area (Å²) in [4.78, 5) is 8.54. The van der Waals surface area contributed by atoms with Crippen LogP contribution in [0.2, 0.25) is 0 Å². The predicted octanol–water partition coefficient (Wildman–Crippen LogP) is 2.07. The van der Waals surface area contributed by atoms with Crippen LogP contribution in [0.25, 0.3) is 0 Å². The van der Waals surface area contributed by atoms with Gasteiger partial charge in [0.15, 0.2) is 0 Å². The van der Waals surface area contributed by atoms with Crippen LogP contribution in [0.15, 0.2) is 30.7 Å². The highest BCUT2D eigenvalue weighted by Gasteiger charge is 2.04. The summed E-state index contributed by atoms with van der Waals surface area (Å²) in [7, 11) is 0. The van der Waals surface area contributed by atoms with E-state index in [1.54, 1.807) is 6.20 Å². The highest BCUT2D eigenvalue weighted by molar-refractivity contribution is 5.29. The fraction of sp³-hybridized carbons (Fsp3) is 0.333. The summed E-state index contributed by atoms with van der Waals surface area (Å²) in [6, 6.07) is 4.02. The first-order valence-electron chi connectivity index (χ1n) is 5.46. The topological polar surface area (TPSA) is 42.7 Å². The highest BCUT2D eigenvalue weighted by Crippen LogP contribution is 2.11. The van der Waals surface area contributed by atoms with Crippen LogP contribution in [0.1, 0.15) is 18.2 Å². The van der Waals surface area contributed by atoms with Crippen LogP contribution in [0.4, 0.5) is 5.95 Å². The molecule has 0 amide bonds. The monoisotopic (exact) mass is 216 g/mol. The number of nitrogens with one attached hydrogen (secondary N) is 1. The van der Waals surface area contributed by atoms with Crippen molar-refractivity contribution in [3.05, 3.63) is 42.0 Å². The van der Waals surface area contributed by atoms with Crippen molar-refractivity contribution in [2.45, 2.75) is 20.4 Å². The van der Waals surface area contributed by atoms with Gasteiger partial charge in [0, 0.05) is 25.1 Å². The Hall–Kier alpha value is -1.84. The normalized spacial score (nSPS) is 10.4. The Kier molecular flexibility index (Phi) is 3.19. The van der Waals surface area contributed by atoms with Gasteiger partial charge in [0.25, 0.3) is 0 Å². The number of rotatable bonds is 4. The van der Waals surface area contributed by atoms with Crippen molar-refractivity contribution in [3.8, 4) is 0 Å². The zero-order valence-electron chi connectivity index (χ0n) is 9.64. The van der Waals surface area contributed by atoms with Crippen molar-refractivity contribution >= 4 is 5.95 Å². The Balaban J connectivity index is 2.20. The molecule has 0 saturated heterocycles. The largest absolute Gasteiger partial charge is 0.356 e. The van der Waals surface area contributed by atoms with Gasteiger partial charge in [-0.05, 0) is 25.5 Å². The second-order valence-electron chi connectivity index (χ2n) is 3.73. The quantitative estimate of drug-likeness (QED) is 0.850. The van der Waals surface area contributed by atoms with Crippen molar-refractivity contribution in [2.24, 2.45) is 0 Å². The number of aromatic nitrogens is 3. The Morgan fingerprint density at radius 1 is 1.44 bits per heavy atom. The maximum Gasteiger partial charge on any atom is 0.203 e. The summed E-state index contributed by atoms with van der Waals surface area (Å²) in [5.74, 6) is 0.920. The van der Waals surface area contributed by atoms with E-state index in [9.17, 15) is 0 Å². The molecular weight excluding hydrogens is 200 g/mol. The van der Waals surface area contributed by atoms with Gasteiger partial charge in [0.1, 0.15) is 0 Å². The van der Waals surface area contributed by atoms with Crippen molar-refractivity contribution in [2.75, 3.05) is 11.9 Å². The molecule has 0 aliphatic heterocycles. The molecule has 2 aromatic rings. The third-order valence-corrected chi connectivity index (χ3v) is 2.31. The van der Waals surface area contributed by atoms with Gasteiger partial charge in [0.05, 0.1) is 12.2 Å². The summed E-state index contributed by atoms with van der Waals surface area (Å²) >= 11 is 0. The van der Waals surface area contributed by atoms with Gasteiger partial charge < -0.3 is 9.88 Å². The standard InChI is InChI=1S/C12H16N4/c1-3-14-12-15-10(2)8-16(12)9-11-5-4-6-13-7-11/h4-8H,3,9H2,1-2H3,(H,14,15). The second kappa shape index (κ2) is 4.79. The third-order valence-electron chi connectivity index (χ3n) is 2.31. The first-order valence-corrected chi connectivity index (χ1v) is 5.46. The van der Waals surface area contributed by atoms with Crippen molar-refractivity contribution in [1.82, 2.24) is 14.5 Å². The summed E-state index contributed by atoms with van der Waals surface area (Å²) in [6.07, 6.45) is 5.71. The molecule has 4 nitrogen and oxygen atoms in total. The molecule has 0 spiro atoms. The van der Waals surface area contributed by atoms with E-state index in [1.165, 1.54) is 5.56 Å². The van der Waals surface area contributed by atoms with Crippen LogP contribution in [0.5, 0.6) is 0 Å². The molecule has 84 valence electrons. The first-order chi connectivity index (χ1) is 7.79. The summed E-state index contributed by atoms with van der Waals surface area (Å²) in [6.45, 7) is 5.75.